The van der Waals surface area contributed by atoms with Gasteiger partial charge in [0.1, 0.15) is 5.52 Å². The molecule has 3 rings (SSSR count). The lowest BCUT2D eigenvalue weighted by atomic mass is 9.94. The van der Waals surface area contributed by atoms with Crippen LogP contribution in [0.2, 0.25) is 0 Å². The van der Waals surface area contributed by atoms with Gasteiger partial charge in [0.25, 0.3) is 0 Å². The van der Waals surface area contributed by atoms with Gasteiger partial charge in [-0.15, -0.1) is 10.2 Å². The number of carbonyl (C=O) groups is 1. The van der Waals surface area contributed by atoms with Crippen LogP contribution in [0.5, 0.6) is 0 Å². The molecule has 2 heterocycles. The summed E-state index contributed by atoms with van der Waals surface area (Å²) in [6.45, 7) is 1.58. The number of anilines is 1. The van der Waals surface area contributed by atoms with Gasteiger partial charge in [0.2, 0.25) is 5.95 Å². The zero-order valence-corrected chi connectivity index (χ0v) is 11.1. The zero-order valence-electron chi connectivity index (χ0n) is 11.1. The fourth-order valence-electron chi connectivity index (χ4n) is 2.59. The van der Waals surface area contributed by atoms with E-state index < -0.39 is 5.97 Å². The van der Waals surface area contributed by atoms with Gasteiger partial charge in [-0.25, -0.2) is 4.98 Å². The third-order valence-electron chi connectivity index (χ3n) is 3.71. The Morgan fingerprint density at radius 3 is 2.60 bits per heavy atom. The van der Waals surface area contributed by atoms with Gasteiger partial charge in [0, 0.05) is 19.5 Å². The Morgan fingerprint density at radius 2 is 1.90 bits per heavy atom. The molecule has 6 nitrogen and oxygen atoms in total. The number of carboxylic acid groups (broad SMARTS) is 1. The summed E-state index contributed by atoms with van der Waals surface area (Å²) in [5, 5.41) is 17.2. The van der Waals surface area contributed by atoms with Crippen molar-refractivity contribution >= 4 is 23.0 Å². The van der Waals surface area contributed by atoms with E-state index in [1.54, 1.807) is 0 Å². The number of carboxylic acids is 1. The van der Waals surface area contributed by atoms with E-state index in [2.05, 4.69) is 20.1 Å². The maximum atomic E-state index is 10.7. The Balaban J connectivity index is 1.71. The van der Waals surface area contributed by atoms with Crippen LogP contribution in [0.15, 0.2) is 24.3 Å². The second-order valence-corrected chi connectivity index (χ2v) is 5.13. The van der Waals surface area contributed by atoms with Crippen LogP contribution in [0, 0.1) is 5.92 Å². The minimum Gasteiger partial charge on any atom is -0.481 e. The van der Waals surface area contributed by atoms with E-state index in [1.807, 2.05) is 24.3 Å². The number of nitrogens with zero attached hydrogens (tertiary/aromatic N) is 4. The Hall–Kier alpha value is -2.24. The van der Waals surface area contributed by atoms with E-state index >= 15 is 0 Å². The molecule has 1 fully saturated rings. The van der Waals surface area contributed by atoms with Gasteiger partial charge in [0.15, 0.2) is 0 Å². The first kappa shape index (κ1) is 12.8. The van der Waals surface area contributed by atoms with E-state index in [0.717, 1.165) is 37.0 Å². The van der Waals surface area contributed by atoms with Crippen molar-refractivity contribution in [2.45, 2.75) is 19.3 Å². The van der Waals surface area contributed by atoms with Crippen LogP contribution >= 0.6 is 0 Å². The lowest BCUT2D eigenvalue weighted by Crippen LogP contribution is -2.35. The van der Waals surface area contributed by atoms with Crippen molar-refractivity contribution in [3.05, 3.63) is 24.3 Å². The fourth-order valence-corrected chi connectivity index (χ4v) is 2.59. The number of aliphatic carboxylic acids is 1. The summed E-state index contributed by atoms with van der Waals surface area (Å²) < 4.78 is 0. The van der Waals surface area contributed by atoms with Crippen LogP contribution in [0.4, 0.5) is 5.95 Å². The van der Waals surface area contributed by atoms with E-state index in [9.17, 15) is 4.79 Å². The van der Waals surface area contributed by atoms with E-state index in [0.29, 0.717) is 5.95 Å². The molecule has 1 aliphatic rings. The molecular weight excluding hydrogens is 256 g/mol. The average Bonchev–Trinajstić information content (AvgIpc) is 2.47. The molecule has 1 aliphatic heterocycles. The van der Waals surface area contributed by atoms with Gasteiger partial charge in [-0.2, -0.15) is 0 Å². The highest BCUT2D eigenvalue weighted by Crippen LogP contribution is 2.23. The Morgan fingerprint density at radius 1 is 1.20 bits per heavy atom. The maximum absolute atomic E-state index is 10.7. The summed E-state index contributed by atoms with van der Waals surface area (Å²) in [7, 11) is 0. The Labute approximate surface area is 116 Å². The average molecular weight is 272 g/mol. The quantitative estimate of drug-likeness (QED) is 0.916. The number of hydrogen-bond acceptors (Lipinski definition) is 5. The molecule has 1 N–H and O–H groups in total. The Kier molecular flexibility index (Phi) is 3.45. The molecule has 0 aliphatic carbocycles. The molecule has 1 aromatic heterocycles. The number of hydrogen-bond donors (Lipinski definition) is 1. The number of piperidine rings is 1. The molecule has 1 saturated heterocycles. The van der Waals surface area contributed by atoms with Crippen molar-refractivity contribution in [3.8, 4) is 0 Å². The van der Waals surface area contributed by atoms with Gasteiger partial charge in [0.05, 0.1) is 5.52 Å². The van der Waals surface area contributed by atoms with E-state index in [-0.39, 0.29) is 12.3 Å². The standard InChI is InChI=1S/C14H16N4O2/c19-13(20)9-10-5-7-18(8-6-10)14-15-11-3-1-2-4-12(11)16-17-14/h1-4,10H,5-9H2,(H,19,20). The largest absolute Gasteiger partial charge is 0.481 e. The highest BCUT2D eigenvalue weighted by Gasteiger charge is 2.23. The SMILES string of the molecule is O=C(O)CC1CCN(c2nnc3ccccc3n2)CC1. The van der Waals surface area contributed by atoms with Crippen molar-refractivity contribution in [1.82, 2.24) is 15.2 Å². The summed E-state index contributed by atoms with van der Waals surface area (Å²) >= 11 is 0. The number of fused-ring (bicyclic) bond motifs is 1. The third kappa shape index (κ3) is 2.68. The molecule has 0 saturated carbocycles. The van der Waals surface area contributed by atoms with Gasteiger partial charge in [-0.05, 0) is 30.9 Å². The van der Waals surface area contributed by atoms with Crippen molar-refractivity contribution in [3.63, 3.8) is 0 Å². The second kappa shape index (κ2) is 5.40. The first-order valence-electron chi connectivity index (χ1n) is 6.78. The summed E-state index contributed by atoms with van der Waals surface area (Å²) in [5.74, 6) is 0.182. The molecule has 0 unspecified atom stereocenters. The smallest absolute Gasteiger partial charge is 0.303 e. The van der Waals surface area contributed by atoms with Crippen LogP contribution in [0.25, 0.3) is 11.0 Å². The van der Waals surface area contributed by atoms with Crippen LogP contribution in [-0.2, 0) is 4.79 Å². The normalized spacial score (nSPS) is 16.5. The van der Waals surface area contributed by atoms with Crippen LogP contribution in [0.3, 0.4) is 0 Å². The lowest BCUT2D eigenvalue weighted by Gasteiger charge is -2.31. The molecule has 20 heavy (non-hydrogen) atoms. The number of benzene rings is 1. The minimum absolute atomic E-state index is 0.255. The molecule has 1 aromatic carbocycles. The van der Waals surface area contributed by atoms with E-state index in [1.165, 1.54) is 0 Å². The van der Waals surface area contributed by atoms with Gasteiger partial charge in [-0.3, -0.25) is 4.79 Å². The van der Waals surface area contributed by atoms with Gasteiger partial charge < -0.3 is 10.0 Å². The van der Waals surface area contributed by atoms with Crippen LogP contribution in [-0.4, -0.2) is 39.3 Å². The molecule has 0 atom stereocenters. The van der Waals surface area contributed by atoms with Crippen molar-refractivity contribution in [2.75, 3.05) is 18.0 Å². The van der Waals surface area contributed by atoms with Crippen molar-refractivity contribution in [2.24, 2.45) is 5.92 Å². The molecule has 0 radical (unpaired) electrons. The number of rotatable bonds is 3. The van der Waals surface area contributed by atoms with Crippen LogP contribution < -0.4 is 4.90 Å². The first-order chi connectivity index (χ1) is 9.72. The third-order valence-corrected chi connectivity index (χ3v) is 3.71. The summed E-state index contributed by atoms with van der Waals surface area (Å²) in [5.41, 5.74) is 1.63. The monoisotopic (exact) mass is 272 g/mol. The van der Waals surface area contributed by atoms with Gasteiger partial charge in [-0.1, -0.05) is 12.1 Å². The topological polar surface area (TPSA) is 79.2 Å². The Bertz CT molecular complexity index is 623. The molecular formula is C14H16N4O2. The second-order valence-electron chi connectivity index (χ2n) is 5.13. The number of para-hydroxylation sites is 1. The first-order valence-corrected chi connectivity index (χ1v) is 6.78. The van der Waals surface area contributed by atoms with Gasteiger partial charge >= 0.3 is 5.97 Å². The van der Waals surface area contributed by atoms with Crippen molar-refractivity contribution in [1.29, 1.82) is 0 Å². The summed E-state index contributed by atoms with van der Waals surface area (Å²) in [6, 6.07) is 7.65. The minimum atomic E-state index is -0.716. The predicted octanol–water partition coefficient (Wildman–Crippen LogP) is 1.72. The van der Waals surface area contributed by atoms with E-state index in [4.69, 9.17) is 5.11 Å². The highest BCUT2D eigenvalue weighted by atomic mass is 16.4. The molecule has 6 heteroatoms. The fraction of sp³-hybridized carbons (Fsp3) is 0.429. The summed E-state index contributed by atoms with van der Waals surface area (Å²) in [6.07, 6.45) is 1.98. The molecule has 0 bridgehead atoms. The maximum Gasteiger partial charge on any atom is 0.303 e. The summed E-state index contributed by atoms with van der Waals surface area (Å²) in [4.78, 5) is 17.3. The molecule has 0 amide bonds. The number of aromatic nitrogens is 3. The van der Waals surface area contributed by atoms with Crippen LogP contribution in [0.1, 0.15) is 19.3 Å². The molecule has 0 spiro atoms. The van der Waals surface area contributed by atoms with Crippen molar-refractivity contribution < 1.29 is 9.90 Å². The highest BCUT2D eigenvalue weighted by molar-refractivity contribution is 5.74. The molecule has 104 valence electrons. The zero-order chi connectivity index (χ0) is 13.9. The molecule has 2 aromatic rings. The predicted molar refractivity (Wildman–Crippen MR) is 74.5 cm³/mol. The lowest BCUT2D eigenvalue weighted by molar-refractivity contribution is -0.138.